The molecule has 0 saturated carbocycles. The van der Waals surface area contributed by atoms with Crippen LogP contribution in [0, 0.1) is 0 Å². The zero-order chi connectivity index (χ0) is 24.6. The number of hydrogen-bond donors (Lipinski definition) is 2. The number of rotatable bonds is 9. The zero-order valence-corrected chi connectivity index (χ0v) is 19.7. The Hall–Kier alpha value is -4.78. The van der Waals surface area contributed by atoms with E-state index in [1.54, 1.807) is 12.4 Å². The molecule has 0 aliphatic rings. The van der Waals surface area contributed by atoms with Gasteiger partial charge >= 0.3 is 0 Å². The summed E-state index contributed by atoms with van der Waals surface area (Å²) in [5.74, 6) is 1.46. The molecule has 0 spiro atoms. The Kier molecular flexibility index (Phi) is 7.09. The standard InChI is InChI=1S/C29H26N6O/c36-29(32-19-22-8-3-1-4-9-22)25-12-7-13-26(18-25)31-20-27-33-34-28(24-14-16-30-17-15-24)35(27)21-23-10-5-2-6-11-23/h1-18,31H,19-21H2,(H,32,36). The van der Waals surface area contributed by atoms with E-state index >= 15 is 0 Å². The van der Waals surface area contributed by atoms with Crippen molar-refractivity contribution in [2.75, 3.05) is 5.32 Å². The van der Waals surface area contributed by atoms with Crippen LogP contribution in [0.4, 0.5) is 5.69 Å². The van der Waals surface area contributed by atoms with Gasteiger partial charge in [-0.1, -0.05) is 66.7 Å². The molecule has 0 fully saturated rings. The number of nitrogens with zero attached hydrogens (tertiary/aromatic N) is 4. The van der Waals surface area contributed by atoms with E-state index in [0.717, 1.165) is 34.0 Å². The van der Waals surface area contributed by atoms with Gasteiger partial charge in [-0.25, -0.2) is 0 Å². The summed E-state index contributed by atoms with van der Waals surface area (Å²) in [7, 11) is 0. The van der Waals surface area contributed by atoms with Crippen molar-refractivity contribution in [3.05, 3.63) is 132 Å². The third-order valence-electron chi connectivity index (χ3n) is 5.82. The molecule has 0 unspecified atom stereocenters. The van der Waals surface area contributed by atoms with Crippen LogP contribution in [-0.2, 0) is 19.6 Å². The summed E-state index contributed by atoms with van der Waals surface area (Å²) < 4.78 is 2.11. The van der Waals surface area contributed by atoms with Crippen LogP contribution < -0.4 is 10.6 Å². The lowest BCUT2D eigenvalue weighted by Gasteiger charge is -2.12. The smallest absolute Gasteiger partial charge is 0.251 e. The molecule has 178 valence electrons. The molecule has 1 amide bonds. The minimum absolute atomic E-state index is 0.116. The van der Waals surface area contributed by atoms with E-state index in [2.05, 4.69) is 42.5 Å². The number of amides is 1. The number of hydrogen-bond acceptors (Lipinski definition) is 5. The first-order valence-electron chi connectivity index (χ1n) is 11.8. The number of nitrogens with one attached hydrogen (secondary N) is 2. The van der Waals surface area contributed by atoms with Crippen molar-refractivity contribution >= 4 is 11.6 Å². The molecule has 2 aromatic heterocycles. The third kappa shape index (κ3) is 5.64. The van der Waals surface area contributed by atoms with Gasteiger partial charge < -0.3 is 15.2 Å². The van der Waals surface area contributed by atoms with Crippen molar-refractivity contribution < 1.29 is 4.79 Å². The molecule has 0 radical (unpaired) electrons. The van der Waals surface area contributed by atoms with Gasteiger partial charge in [0.1, 0.15) is 0 Å². The molecule has 7 heteroatoms. The van der Waals surface area contributed by atoms with E-state index in [1.165, 1.54) is 0 Å². The number of carbonyl (C=O) groups excluding carboxylic acids is 1. The molecule has 5 aromatic rings. The Morgan fingerprint density at radius 3 is 2.22 bits per heavy atom. The predicted molar refractivity (Wildman–Crippen MR) is 140 cm³/mol. The summed E-state index contributed by atoms with van der Waals surface area (Å²) in [6.07, 6.45) is 3.51. The van der Waals surface area contributed by atoms with E-state index in [1.807, 2.05) is 84.9 Å². The van der Waals surface area contributed by atoms with E-state index in [0.29, 0.717) is 25.2 Å². The highest BCUT2D eigenvalue weighted by Gasteiger charge is 2.15. The molecular weight excluding hydrogens is 448 g/mol. The summed E-state index contributed by atoms with van der Waals surface area (Å²) in [6.45, 7) is 1.59. The van der Waals surface area contributed by atoms with Crippen molar-refractivity contribution in [3.8, 4) is 11.4 Å². The van der Waals surface area contributed by atoms with Crippen LogP contribution in [0.15, 0.2) is 109 Å². The first kappa shape index (κ1) is 23.0. The fraction of sp³-hybridized carbons (Fsp3) is 0.103. The van der Waals surface area contributed by atoms with Crippen LogP contribution in [0.3, 0.4) is 0 Å². The van der Waals surface area contributed by atoms with Gasteiger partial charge in [-0.15, -0.1) is 10.2 Å². The van der Waals surface area contributed by atoms with Crippen molar-refractivity contribution in [1.82, 2.24) is 25.1 Å². The maximum absolute atomic E-state index is 12.7. The van der Waals surface area contributed by atoms with Crippen molar-refractivity contribution in [2.24, 2.45) is 0 Å². The second-order valence-corrected chi connectivity index (χ2v) is 8.35. The minimum atomic E-state index is -0.116. The zero-order valence-electron chi connectivity index (χ0n) is 19.7. The fourth-order valence-corrected chi connectivity index (χ4v) is 3.94. The van der Waals surface area contributed by atoms with Crippen molar-refractivity contribution in [1.29, 1.82) is 0 Å². The van der Waals surface area contributed by atoms with Gasteiger partial charge in [-0.2, -0.15) is 0 Å². The Labute approximate surface area is 209 Å². The van der Waals surface area contributed by atoms with Gasteiger partial charge in [0.05, 0.1) is 13.1 Å². The Morgan fingerprint density at radius 1 is 0.750 bits per heavy atom. The normalized spacial score (nSPS) is 10.7. The summed E-state index contributed by atoms with van der Waals surface area (Å²) in [4.78, 5) is 16.8. The summed E-state index contributed by atoms with van der Waals surface area (Å²) in [5.41, 5.74) is 4.60. The van der Waals surface area contributed by atoms with E-state index in [9.17, 15) is 4.79 Å². The van der Waals surface area contributed by atoms with Crippen LogP contribution in [-0.4, -0.2) is 25.7 Å². The van der Waals surface area contributed by atoms with Gasteiger partial charge in [-0.05, 0) is 41.5 Å². The molecule has 2 heterocycles. The maximum atomic E-state index is 12.7. The van der Waals surface area contributed by atoms with Gasteiger partial charge in [0.25, 0.3) is 5.91 Å². The summed E-state index contributed by atoms with van der Waals surface area (Å²) >= 11 is 0. The fourth-order valence-electron chi connectivity index (χ4n) is 3.94. The average Bonchev–Trinajstić information content (AvgIpc) is 3.34. The Morgan fingerprint density at radius 2 is 1.47 bits per heavy atom. The highest BCUT2D eigenvalue weighted by atomic mass is 16.1. The van der Waals surface area contributed by atoms with E-state index in [-0.39, 0.29) is 5.91 Å². The first-order valence-corrected chi connectivity index (χ1v) is 11.8. The van der Waals surface area contributed by atoms with Crippen molar-refractivity contribution in [2.45, 2.75) is 19.6 Å². The van der Waals surface area contributed by atoms with Gasteiger partial charge in [0.15, 0.2) is 11.6 Å². The Balaban J connectivity index is 1.31. The Bertz CT molecular complexity index is 1420. The molecule has 0 aliphatic carbocycles. The number of anilines is 1. The summed E-state index contributed by atoms with van der Waals surface area (Å²) in [6, 6.07) is 31.4. The SMILES string of the molecule is O=C(NCc1ccccc1)c1cccc(NCc2nnc(-c3ccncc3)n2Cc2ccccc2)c1. The van der Waals surface area contributed by atoms with E-state index in [4.69, 9.17) is 0 Å². The van der Waals surface area contributed by atoms with Crippen LogP contribution in [0.1, 0.15) is 27.3 Å². The lowest BCUT2D eigenvalue weighted by molar-refractivity contribution is 0.0951. The van der Waals surface area contributed by atoms with E-state index < -0.39 is 0 Å². The highest BCUT2D eigenvalue weighted by molar-refractivity contribution is 5.95. The van der Waals surface area contributed by atoms with Crippen LogP contribution in [0.2, 0.25) is 0 Å². The van der Waals surface area contributed by atoms with Gasteiger partial charge in [-0.3, -0.25) is 9.78 Å². The molecule has 0 bridgehead atoms. The second kappa shape index (κ2) is 11.1. The third-order valence-corrected chi connectivity index (χ3v) is 5.82. The number of benzene rings is 3. The molecule has 5 rings (SSSR count). The summed E-state index contributed by atoms with van der Waals surface area (Å²) in [5, 5.41) is 15.3. The number of aromatic nitrogens is 4. The highest BCUT2D eigenvalue weighted by Crippen LogP contribution is 2.20. The van der Waals surface area contributed by atoms with Gasteiger partial charge in [0, 0.05) is 35.8 Å². The minimum Gasteiger partial charge on any atom is -0.378 e. The molecule has 36 heavy (non-hydrogen) atoms. The van der Waals surface area contributed by atoms with Crippen LogP contribution in [0.5, 0.6) is 0 Å². The first-order chi connectivity index (χ1) is 17.8. The van der Waals surface area contributed by atoms with Crippen LogP contribution >= 0.6 is 0 Å². The molecule has 0 saturated heterocycles. The number of pyridine rings is 1. The monoisotopic (exact) mass is 474 g/mol. The molecule has 2 N–H and O–H groups in total. The maximum Gasteiger partial charge on any atom is 0.251 e. The lowest BCUT2D eigenvalue weighted by atomic mass is 10.1. The lowest BCUT2D eigenvalue weighted by Crippen LogP contribution is -2.22. The van der Waals surface area contributed by atoms with Crippen LogP contribution in [0.25, 0.3) is 11.4 Å². The molecule has 0 aliphatic heterocycles. The topological polar surface area (TPSA) is 84.7 Å². The second-order valence-electron chi connectivity index (χ2n) is 8.35. The van der Waals surface area contributed by atoms with Gasteiger partial charge in [0.2, 0.25) is 0 Å². The molecule has 7 nitrogen and oxygen atoms in total. The van der Waals surface area contributed by atoms with Crippen molar-refractivity contribution in [3.63, 3.8) is 0 Å². The molecule has 3 aromatic carbocycles. The number of carbonyl (C=O) groups is 1. The molecular formula is C29H26N6O. The molecule has 0 atom stereocenters. The average molecular weight is 475 g/mol. The predicted octanol–water partition coefficient (Wildman–Crippen LogP) is 4.93. The quantitative estimate of drug-likeness (QED) is 0.316. The largest absolute Gasteiger partial charge is 0.378 e.